The van der Waals surface area contributed by atoms with Crippen LogP contribution in [-0.2, 0) is 22.6 Å². The van der Waals surface area contributed by atoms with Gasteiger partial charge in [0.05, 0.1) is 38.9 Å². The molecule has 1 aromatic heterocycles. The first-order valence-electron chi connectivity index (χ1n) is 12.1. The number of amides is 2. The lowest BCUT2D eigenvalue weighted by atomic mass is 9.93. The summed E-state index contributed by atoms with van der Waals surface area (Å²) in [5, 5.41) is 3.99. The minimum absolute atomic E-state index is 0.00250. The van der Waals surface area contributed by atoms with Crippen molar-refractivity contribution in [1.29, 1.82) is 0 Å². The number of nitrogens with one attached hydrogen (secondary N) is 1. The van der Waals surface area contributed by atoms with Gasteiger partial charge in [-0.15, -0.1) is 0 Å². The normalized spacial score (nSPS) is 21.5. The molecule has 5 rings (SSSR count). The van der Waals surface area contributed by atoms with Crippen LogP contribution in [0.25, 0.3) is 10.9 Å². The molecule has 0 spiro atoms. The molecule has 3 aromatic rings. The van der Waals surface area contributed by atoms with Crippen LogP contribution in [0.5, 0.6) is 11.5 Å². The molecule has 2 aromatic carbocycles. The second-order valence-corrected chi connectivity index (χ2v) is 10.4. The highest BCUT2D eigenvalue weighted by atomic mass is 79.9. The summed E-state index contributed by atoms with van der Waals surface area (Å²) >= 11 is 3.52. The van der Waals surface area contributed by atoms with Gasteiger partial charge in [0.1, 0.15) is 22.7 Å². The molecular formula is C27H30BrN3O5. The molecule has 2 atom stereocenters. The van der Waals surface area contributed by atoms with E-state index in [-0.39, 0.29) is 24.5 Å². The zero-order valence-corrected chi connectivity index (χ0v) is 22.3. The summed E-state index contributed by atoms with van der Waals surface area (Å²) in [6.45, 7) is 3.49. The Morgan fingerprint density at radius 1 is 1.19 bits per heavy atom. The Morgan fingerprint density at radius 3 is 2.75 bits per heavy atom. The van der Waals surface area contributed by atoms with Crippen molar-refractivity contribution in [2.45, 2.75) is 44.5 Å². The summed E-state index contributed by atoms with van der Waals surface area (Å²) in [4.78, 5) is 29.5. The van der Waals surface area contributed by atoms with Gasteiger partial charge in [-0.25, -0.2) is 0 Å². The number of benzene rings is 2. The summed E-state index contributed by atoms with van der Waals surface area (Å²) in [6, 6.07) is 13.3. The van der Waals surface area contributed by atoms with Gasteiger partial charge in [0, 0.05) is 34.6 Å². The van der Waals surface area contributed by atoms with Crippen molar-refractivity contribution >= 4 is 38.6 Å². The third kappa shape index (κ3) is 4.35. The highest BCUT2D eigenvalue weighted by Crippen LogP contribution is 2.36. The molecule has 2 unspecified atom stereocenters. The van der Waals surface area contributed by atoms with E-state index >= 15 is 0 Å². The maximum absolute atomic E-state index is 14.0. The fraction of sp³-hybridized carbons (Fsp3) is 0.407. The summed E-state index contributed by atoms with van der Waals surface area (Å²) in [7, 11) is 3.21. The van der Waals surface area contributed by atoms with Crippen LogP contribution in [0.1, 0.15) is 35.8 Å². The van der Waals surface area contributed by atoms with Gasteiger partial charge in [0.15, 0.2) is 0 Å². The van der Waals surface area contributed by atoms with Crippen molar-refractivity contribution in [3.8, 4) is 11.5 Å². The molecule has 36 heavy (non-hydrogen) atoms. The highest BCUT2D eigenvalue weighted by molar-refractivity contribution is 9.10. The van der Waals surface area contributed by atoms with Crippen molar-refractivity contribution in [1.82, 2.24) is 14.8 Å². The number of hydrogen-bond donors (Lipinski definition) is 1. The molecule has 0 radical (unpaired) electrons. The lowest BCUT2D eigenvalue weighted by molar-refractivity contribution is -0.133. The van der Waals surface area contributed by atoms with Crippen LogP contribution in [0.4, 0.5) is 0 Å². The maximum atomic E-state index is 14.0. The highest BCUT2D eigenvalue weighted by Gasteiger charge is 2.48. The number of rotatable bonds is 7. The van der Waals surface area contributed by atoms with E-state index in [0.717, 1.165) is 33.8 Å². The summed E-state index contributed by atoms with van der Waals surface area (Å²) in [5.74, 6) is 0.926. The number of nitrogens with zero attached hydrogens (tertiary/aromatic N) is 2. The molecule has 0 bridgehead atoms. The number of carbonyl (C=O) groups is 2. The zero-order valence-electron chi connectivity index (χ0n) is 20.7. The van der Waals surface area contributed by atoms with E-state index in [0.29, 0.717) is 36.9 Å². The lowest BCUT2D eigenvalue weighted by Gasteiger charge is -2.44. The maximum Gasteiger partial charge on any atom is 0.271 e. The molecule has 9 heteroatoms. The van der Waals surface area contributed by atoms with Gasteiger partial charge in [-0.1, -0.05) is 15.9 Å². The first kappa shape index (κ1) is 24.6. The monoisotopic (exact) mass is 555 g/mol. The molecule has 3 heterocycles. The molecule has 2 aliphatic heterocycles. The smallest absolute Gasteiger partial charge is 0.271 e. The van der Waals surface area contributed by atoms with Gasteiger partial charge in [-0.2, -0.15) is 0 Å². The molecule has 1 saturated heterocycles. The van der Waals surface area contributed by atoms with Crippen LogP contribution in [0.2, 0.25) is 0 Å². The molecular weight excluding hydrogens is 526 g/mol. The van der Waals surface area contributed by atoms with Crippen molar-refractivity contribution in [2.75, 3.05) is 27.4 Å². The molecule has 2 aliphatic rings. The number of ether oxygens (including phenoxy) is 3. The van der Waals surface area contributed by atoms with Crippen molar-refractivity contribution in [3.63, 3.8) is 0 Å². The molecule has 8 nitrogen and oxygen atoms in total. The summed E-state index contributed by atoms with van der Waals surface area (Å²) in [5.41, 5.74) is 1.06. The zero-order chi connectivity index (χ0) is 25.4. The van der Waals surface area contributed by atoms with E-state index in [1.165, 1.54) is 0 Å². The fourth-order valence-corrected chi connectivity index (χ4v) is 5.56. The van der Waals surface area contributed by atoms with Crippen LogP contribution < -0.4 is 14.8 Å². The van der Waals surface area contributed by atoms with Gasteiger partial charge in [-0.05, 0) is 56.2 Å². The number of carbonyl (C=O) groups excluding carboxylic acids is 2. The van der Waals surface area contributed by atoms with Gasteiger partial charge in [0.2, 0.25) is 5.91 Å². The number of methoxy groups -OCH3 is 2. The Hall–Kier alpha value is -3.04. The Balaban J connectivity index is 1.56. The number of aromatic nitrogens is 1. The average molecular weight is 556 g/mol. The second-order valence-electron chi connectivity index (χ2n) is 9.51. The van der Waals surface area contributed by atoms with Crippen molar-refractivity contribution in [3.05, 3.63) is 58.2 Å². The van der Waals surface area contributed by atoms with E-state index in [4.69, 9.17) is 14.2 Å². The Labute approximate surface area is 218 Å². The quantitative estimate of drug-likeness (QED) is 0.474. The van der Waals surface area contributed by atoms with Crippen molar-refractivity contribution < 1.29 is 23.8 Å². The predicted molar refractivity (Wildman–Crippen MR) is 139 cm³/mol. The minimum Gasteiger partial charge on any atom is -0.497 e. The van der Waals surface area contributed by atoms with E-state index in [2.05, 4.69) is 21.2 Å². The molecule has 1 fully saturated rings. The van der Waals surface area contributed by atoms with E-state index in [9.17, 15) is 9.59 Å². The molecule has 190 valence electrons. The van der Waals surface area contributed by atoms with Crippen LogP contribution >= 0.6 is 15.9 Å². The fourth-order valence-electron chi connectivity index (χ4n) is 5.15. The lowest BCUT2D eigenvalue weighted by Crippen LogP contribution is -2.64. The Kier molecular flexibility index (Phi) is 6.70. The molecule has 2 amide bonds. The first-order chi connectivity index (χ1) is 17.3. The number of halogens is 1. The SMILES string of the molecule is COc1ccc2cc3n(c2c1)CC(C)(C(=O)NCC1CCCO1)N(Cc1cc(Br)ccc1OC)C3=O. The van der Waals surface area contributed by atoms with Gasteiger partial charge < -0.3 is 29.0 Å². The largest absolute Gasteiger partial charge is 0.497 e. The number of fused-ring (bicyclic) bond motifs is 3. The van der Waals surface area contributed by atoms with Gasteiger partial charge in [-0.3, -0.25) is 9.59 Å². The number of hydrogen-bond acceptors (Lipinski definition) is 5. The topological polar surface area (TPSA) is 82.0 Å². The Bertz CT molecular complexity index is 1320. The average Bonchev–Trinajstić information content (AvgIpc) is 3.53. The van der Waals surface area contributed by atoms with Gasteiger partial charge >= 0.3 is 0 Å². The Morgan fingerprint density at radius 2 is 2.03 bits per heavy atom. The molecule has 0 aliphatic carbocycles. The van der Waals surface area contributed by atoms with E-state index in [1.54, 1.807) is 19.1 Å². The van der Waals surface area contributed by atoms with Crippen LogP contribution in [0.3, 0.4) is 0 Å². The predicted octanol–water partition coefficient (Wildman–Crippen LogP) is 4.13. The molecule has 0 saturated carbocycles. The third-order valence-electron chi connectivity index (χ3n) is 7.21. The summed E-state index contributed by atoms with van der Waals surface area (Å²) in [6.07, 6.45) is 1.91. The second kappa shape index (κ2) is 9.78. The molecule has 1 N–H and O–H groups in total. The van der Waals surface area contributed by atoms with Crippen LogP contribution in [-0.4, -0.2) is 60.3 Å². The third-order valence-corrected chi connectivity index (χ3v) is 7.71. The first-order valence-corrected chi connectivity index (χ1v) is 12.8. The summed E-state index contributed by atoms with van der Waals surface area (Å²) < 4.78 is 19.5. The van der Waals surface area contributed by atoms with Crippen LogP contribution in [0.15, 0.2) is 46.9 Å². The van der Waals surface area contributed by atoms with E-state index in [1.807, 2.05) is 54.0 Å². The van der Waals surface area contributed by atoms with Gasteiger partial charge in [0.25, 0.3) is 5.91 Å². The minimum atomic E-state index is -1.15. The van der Waals surface area contributed by atoms with E-state index < -0.39 is 5.54 Å². The standard InChI is InChI=1S/C27H30BrN3O5/c1-27(26(33)29-14-21-5-4-10-36-21)16-30-22-13-20(34-2)8-6-17(22)12-23(30)25(32)31(27)15-18-11-19(28)7-9-24(18)35-3/h6-9,11-13,21H,4-5,10,14-16H2,1-3H3,(H,29,33). The van der Waals surface area contributed by atoms with Crippen molar-refractivity contribution in [2.24, 2.45) is 0 Å². The van der Waals surface area contributed by atoms with Crippen LogP contribution in [0, 0.1) is 0 Å².